The van der Waals surface area contributed by atoms with E-state index in [-0.39, 0.29) is 26.5 Å². The molecular weight excluding hydrogens is 362 g/mol. The molecule has 0 saturated carbocycles. The monoisotopic (exact) mass is 370 g/mol. The molecule has 4 nitrogen and oxygen atoms in total. The van der Waals surface area contributed by atoms with Gasteiger partial charge >= 0.3 is 0 Å². The zero-order valence-electron chi connectivity index (χ0n) is 10.8. The van der Waals surface area contributed by atoms with E-state index in [1.807, 2.05) is 6.92 Å². The number of rotatable bonds is 4. The van der Waals surface area contributed by atoms with Crippen molar-refractivity contribution in [2.24, 2.45) is 0 Å². The van der Waals surface area contributed by atoms with E-state index in [1.165, 1.54) is 18.2 Å². The zero-order valence-corrected chi connectivity index (χ0v) is 13.9. The van der Waals surface area contributed by atoms with Crippen LogP contribution >= 0.6 is 33.9 Å². The molecular formula is C12H10Cl3FN2O2S. The molecule has 0 aliphatic carbocycles. The Kier molecular flexibility index (Phi) is 4.82. The summed E-state index contributed by atoms with van der Waals surface area (Å²) in [6.07, 6.45) is 0.956. The molecule has 0 aliphatic heterocycles. The average Bonchev–Trinajstić information content (AvgIpc) is 2.66. The third kappa shape index (κ3) is 3.18. The van der Waals surface area contributed by atoms with E-state index in [1.54, 1.807) is 0 Å². The maximum atomic E-state index is 14.0. The van der Waals surface area contributed by atoms with Gasteiger partial charge in [0, 0.05) is 10.7 Å². The summed E-state index contributed by atoms with van der Waals surface area (Å²) in [5, 5.41) is 3.82. The lowest BCUT2D eigenvalue weighted by Crippen LogP contribution is -2.01. The number of nitrogens with zero attached hydrogens (tertiary/aromatic N) is 2. The summed E-state index contributed by atoms with van der Waals surface area (Å²) in [7, 11) is 1.29. The minimum Gasteiger partial charge on any atom is -0.216 e. The Bertz CT molecular complexity index is 770. The Morgan fingerprint density at radius 3 is 2.52 bits per heavy atom. The van der Waals surface area contributed by atoms with Gasteiger partial charge in [0.15, 0.2) is 5.15 Å². The van der Waals surface area contributed by atoms with Gasteiger partial charge in [-0.25, -0.2) is 17.5 Å². The van der Waals surface area contributed by atoms with E-state index in [0.29, 0.717) is 12.8 Å². The summed E-state index contributed by atoms with van der Waals surface area (Å²) >= 11 is 12.0. The van der Waals surface area contributed by atoms with Crippen LogP contribution in [0.4, 0.5) is 4.39 Å². The van der Waals surface area contributed by atoms with Gasteiger partial charge < -0.3 is 0 Å². The van der Waals surface area contributed by atoms with E-state index in [9.17, 15) is 12.8 Å². The van der Waals surface area contributed by atoms with Crippen molar-refractivity contribution in [1.29, 1.82) is 0 Å². The Balaban J connectivity index is 2.78. The van der Waals surface area contributed by atoms with Gasteiger partial charge in [-0.05, 0) is 18.6 Å². The Morgan fingerprint density at radius 1 is 1.33 bits per heavy atom. The molecule has 114 valence electrons. The highest BCUT2D eigenvalue weighted by Gasteiger charge is 2.28. The second-order valence-corrected chi connectivity index (χ2v) is 7.50. The highest BCUT2D eigenvalue weighted by atomic mass is 35.7. The van der Waals surface area contributed by atoms with Crippen LogP contribution in [0.3, 0.4) is 0 Å². The SMILES string of the molecule is CCCc1nn(-c2c(F)cccc2Cl)c(Cl)c1S(=O)(=O)Cl. The van der Waals surface area contributed by atoms with Gasteiger partial charge in [-0.3, -0.25) is 0 Å². The quantitative estimate of drug-likeness (QED) is 0.757. The second kappa shape index (κ2) is 6.12. The van der Waals surface area contributed by atoms with Crippen molar-refractivity contribution >= 4 is 42.9 Å². The fourth-order valence-electron chi connectivity index (χ4n) is 1.91. The normalized spacial score (nSPS) is 11.9. The van der Waals surface area contributed by atoms with Crippen molar-refractivity contribution < 1.29 is 12.8 Å². The van der Waals surface area contributed by atoms with Crippen LogP contribution in [0, 0.1) is 5.82 Å². The predicted octanol–water partition coefficient (Wildman–Crippen LogP) is 4.20. The molecule has 0 saturated heterocycles. The molecule has 1 aromatic heterocycles. The molecule has 1 aromatic carbocycles. The number of benzene rings is 1. The maximum absolute atomic E-state index is 14.0. The van der Waals surface area contributed by atoms with Crippen LogP contribution in [0.1, 0.15) is 19.0 Å². The second-order valence-electron chi connectivity index (χ2n) is 4.24. The van der Waals surface area contributed by atoms with E-state index in [4.69, 9.17) is 33.9 Å². The molecule has 0 radical (unpaired) electrons. The zero-order chi connectivity index (χ0) is 15.8. The van der Waals surface area contributed by atoms with Gasteiger partial charge in [-0.2, -0.15) is 5.10 Å². The molecule has 0 unspecified atom stereocenters. The third-order valence-corrected chi connectivity index (χ3v) is 4.88. The van der Waals surface area contributed by atoms with E-state index in [2.05, 4.69) is 5.10 Å². The molecule has 0 atom stereocenters. The number of para-hydroxylation sites is 1. The number of halogens is 4. The first-order valence-electron chi connectivity index (χ1n) is 5.93. The summed E-state index contributed by atoms with van der Waals surface area (Å²) in [4.78, 5) is -0.313. The number of aromatic nitrogens is 2. The van der Waals surface area contributed by atoms with Crippen LogP contribution in [-0.4, -0.2) is 18.2 Å². The lowest BCUT2D eigenvalue weighted by Gasteiger charge is -2.06. The van der Waals surface area contributed by atoms with E-state index in [0.717, 1.165) is 4.68 Å². The minimum atomic E-state index is -4.11. The molecule has 9 heteroatoms. The first kappa shape index (κ1) is 16.5. The number of aryl methyl sites for hydroxylation is 1. The van der Waals surface area contributed by atoms with Crippen molar-refractivity contribution in [3.8, 4) is 5.69 Å². The van der Waals surface area contributed by atoms with Crippen LogP contribution in [0.15, 0.2) is 23.1 Å². The minimum absolute atomic E-state index is 0.0565. The largest absolute Gasteiger partial charge is 0.266 e. The first-order valence-corrected chi connectivity index (χ1v) is 9.00. The Morgan fingerprint density at radius 2 is 2.00 bits per heavy atom. The fourth-order valence-corrected chi connectivity index (χ4v) is 4.00. The van der Waals surface area contributed by atoms with Crippen LogP contribution in [0.25, 0.3) is 5.69 Å². The van der Waals surface area contributed by atoms with Crippen LogP contribution in [0.5, 0.6) is 0 Å². The molecule has 0 bridgehead atoms. The number of hydrogen-bond acceptors (Lipinski definition) is 3. The van der Waals surface area contributed by atoms with Gasteiger partial charge in [0.05, 0.1) is 10.7 Å². The van der Waals surface area contributed by atoms with E-state index >= 15 is 0 Å². The van der Waals surface area contributed by atoms with Crippen molar-refractivity contribution in [1.82, 2.24) is 9.78 Å². The van der Waals surface area contributed by atoms with Gasteiger partial charge in [-0.1, -0.05) is 42.6 Å². The summed E-state index contributed by atoms with van der Waals surface area (Å²) in [6.45, 7) is 1.84. The third-order valence-electron chi connectivity index (χ3n) is 2.74. The summed E-state index contributed by atoms with van der Waals surface area (Å²) < 4.78 is 38.2. The fraction of sp³-hybridized carbons (Fsp3) is 0.250. The lowest BCUT2D eigenvalue weighted by molar-refractivity contribution is 0.607. The first-order chi connectivity index (χ1) is 9.77. The molecule has 0 spiro atoms. The van der Waals surface area contributed by atoms with Gasteiger partial charge in [-0.15, -0.1) is 0 Å². The molecule has 0 fully saturated rings. The van der Waals surface area contributed by atoms with Crippen LogP contribution in [0.2, 0.25) is 10.2 Å². The Labute approximate surface area is 135 Å². The highest BCUT2D eigenvalue weighted by molar-refractivity contribution is 8.13. The molecule has 21 heavy (non-hydrogen) atoms. The molecule has 2 aromatic rings. The summed E-state index contributed by atoms with van der Waals surface area (Å²) in [6, 6.07) is 4.05. The average molecular weight is 372 g/mol. The summed E-state index contributed by atoms with van der Waals surface area (Å²) in [5.41, 5.74) is 0.0601. The van der Waals surface area contributed by atoms with Gasteiger partial charge in [0.25, 0.3) is 9.05 Å². The van der Waals surface area contributed by atoms with E-state index < -0.39 is 14.9 Å². The lowest BCUT2D eigenvalue weighted by atomic mass is 10.2. The summed E-state index contributed by atoms with van der Waals surface area (Å²) in [5.74, 6) is -0.673. The van der Waals surface area contributed by atoms with Crippen molar-refractivity contribution in [3.05, 3.63) is 39.9 Å². The molecule has 0 aliphatic rings. The molecule has 2 rings (SSSR count). The van der Waals surface area contributed by atoms with Crippen molar-refractivity contribution in [2.45, 2.75) is 24.7 Å². The van der Waals surface area contributed by atoms with Crippen molar-refractivity contribution in [3.63, 3.8) is 0 Å². The van der Waals surface area contributed by atoms with Gasteiger partial charge in [0.1, 0.15) is 16.4 Å². The Hall–Kier alpha value is -0.820. The number of hydrogen-bond donors (Lipinski definition) is 0. The van der Waals surface area contributed by atoms with Gasteiger partial charge in [0.2, 0.25) is 0 Å². The maximum Gasteiger partial charge on any atom is 0.266 e. The van der Waals surface area contributed by atoms with Crippen LogP contribution in [-0.2, 0) is 15.5 Å². The van der Waals surface area contributed by atoms with Crippen LogP contribution < -0.4 is 0 Å². The molecule has 0 N–H and O–H groups in total. The standard InChI is InChI=1S/C12H10Cl3FN2O2S/c1-2-4-9-11(21(15,19)20)12(14)18(17-9)10-7(13)5-3-6-8(10)16/h3,5-6H,2,4H2,1H3. The molecule has 0 amide bonds. The predicted molar refractivity (Wildman–Crippen MR) is 80.6 cm³/mol. The van der Waals surface area contributed by atoms with Crippen molar-refractivity contribution in [2.75, 3.05) is 0 Å². The highest BCUT2D eigenvalue weighted by Crippen LogP contribution is 2.34. The topological polar surface area (TPSA) is 52.0 Å². The smallest absolute Gasteiger partial charge is 0.216 e. The molecule has 1 heterocycles.